The summed E-state index contributed by atoms with van der Waals surface area (Å²) < 4.78 is 5.99. The van der Waals surface area contributed by atoms with Crippen molar-refractivity contribution in [1.29, 1.82) is 0 Å². The summed E-state index contributed by atoms with van der Waals surface area (Å²) in [7, 11) is 0. The lowest BCUT2D eigenvalue weighted by atomic mass is 9.97. The number of ether oxygens (including phenoxy) is 1. The van der Waals surface area contributed by atoms with Crippen molar-refractivity contribution in [2.75, 3.05) is 4.90 Å². The summed E-state index contributed by atoms with van der Waals surface area (Å²) in [6.07, 6.45) is 4.20. The largest absolute Gasteiger partial charge is 0.473 e. The standard InChI is InChI=1S/C23H20N4O5/c1-12-13(2)22(26(20(12)28)18-10-24-7-8-25-18)32-11-17-16-9-14-5-3-4-6-15(14)19(16)27(21(17)29)23(30)31/h3-8,10-11,16,19,22H,9H2,1-2H3,(H,30,31)/b17-11+. The van der Waals surface area contributed by atoms with Crippen LogP contribution in [0.15, 0.2) is 65.8 Å². The molecule has 3 unspecified atom stereocenters. The highest BCUT2D eigenvalue weighted by Crippen LogP contribution is 2.49. The number of imide groups is 1. The molecule has 3 heterocycles. The third kappa shape index (κ3) is 2.81. The van der Waals surface area contributed by atoms with Crippen molar-refractivity contribution in [3.63, 3.8) is 0 Å². The highest BCUT2D eigenvalue weighted by Gasteiger charge is 2.52. The third-order valence-electron chi connectivity index (χ3n) is 6.40. The Balaban J connectivity index is 1.50. The van der Waals surface area contributed by atoms with Crippen LogP contribution < -0.4 is 4.90 Å². The lowest BCUT2D eigenvalue weighted by Gasteiger charge is -2.24. The molecule has 5 rings (SSSR count). The van der Waals surface area contributed by atoms with Crippen LogP contribution in [0.3, 0.4) is 0 Å². The van der Waals surface area contributed by atoms with Crippen LogP contribution in [0.2, 0.25) is 0 Å². The van der Waals surface area contributed by atoms with Gasteiger partial charge in [-0.3, -0.25) is 19.5 Å². The number of carbonyl (C=O) groups excluding carboxylic acids is 2. The number of nitrogens with zero attached hydrogens (tertiary/aromatic N) is 4. The summed E-state index contributed by atoms with van der Waals surface area (Å²) in [6, 6.07) is 6.95. The van der Waals surface area contributed by atoms with E-state index < -0.39 is 24.3 Å². The first-order valence-corrected chi connectivity index (χ1v) is 10.2. The number of fused-ring (bicyclic) bond motifs is 3. The summed E-state index contributed by atoms with van der Waals surface area (Å²) in [4.78, 5) is 48.2. The molecule has 3 amide bonds. The second-order valence-corrected chi connectivity index (χ2v) is 8.02. The molecule has 1 saturated heterocycles. The first-order chi connectivity index (χ1) is 15.4. The van der Waals surface area contributed by atoms with Gasteiger partial charge in [-0.25, -0.2) is 14.7 Å². The predicted octanol–water partition coefficient (Wildman–Crippen LogP) is 2.82. The summed E-state index contributed by atoms with van der Waals surface area (Å²) >= 11 is 0. The van der Waals surface area contributed by atoms with Crippen molar-refractivity contribution < 1.29 is 24.2 Å². The van der Waals surface area contributed by atoms with Crippen LogP contribution in [0.1, 0.15) is 31.0 Å². The second-order valence-electron chi connectivity index (χ2n) is 8.02. The van der Waals surface area contributed by atoms with Gasteiger partial charge in [-0.05, 0) is 37.0 Å². The van der Waals surface area contributed by atoms with Gasteiger partial charge in [-0.15, -0.1) is 0 Å². The maximum Gasteiger partial charge on any atom is 0.414 e. The van der Waals surface area contributed by atoms with Crippen LogP contribution in [0.4, 0.5) is 10.6 Å². The fourth-order valence-corrected chi connectivity index (χ4v) is 4.72. The van der Waals surface area contributed by atoms with Crippen LogP contribution in [0, 0.1) is 5.92 Å². The van der Waals surface area contributed by atoms with Gasteiger partial charge in [0.05, 0.1) is 24.1 Å². The van der Waals surface area contributed by atoms with Crippen molar-refractivity contribution in [2.24, 2.45) is 5.92 Å². The van der Waals surface area contributed by atoms with Gasteiger partial charge in [0.2, 0.25) is 6.23 Å². The minimum Gasteiger partial charge on any atom is -0.473 e. The molecule has 9 nitrogen and oxygen atoms in total. The fraction of sp³-hybridized carbons (Fsp3) is 0.261. The number of aromatic nitrogens is 2. The molecule has 2 aliphatic heterocycles. The number of hydrogen-bond donors (Lipinski definition) is 1. The predicted molar refractivity (Wildman–Crippen MR) is 112 cm³/mol. The van der Waals surface area contributed by atoms with E-state index in [2.05, 4.69) is 9.97 Å². The lowest BCUT2D eigenvalue weighted by Crippen LogP contribution is -2.37. The molecule has 0 radical (unpaired) electrons. The average molecular weight is 432 g/mol. The average Bonchev–Trinajstić information content (AvgIpc) is 3.36. The van der Waals surface area contributed by atoms with E-state index >= 15 is 0 Å². The molecule has 1 aromatic carbocycles. The molecule has 1 N–H and O–H groups in total. The minimum atomic E-state index is -1.30. The van der Waals surface area contributed by atoms with Gasteiger partial charge >= 0.3 is 6.09 Å². The quantitative estimate of drug-likeness (QED) is 0.586. The number of carbonyl (C=O) groups is 3. The van der Waals surface area contributed by atoms with E-state index in [9.17, 15) is 19.5 Å². The number of rotatable bonds is 3. The Hall–Kier alpha value is -4.01. The van der Waals surface area contributed by atoms with Crippen molar-refractivity contribution in [3.8, 4) is 0 Å². The van der Waals surface area contributed by atoms with Crippen LogP contribution in [-0.2, 0) is 20.7 Å². The van der Waals surface area contributed by atoms with Crippen LogP contribution >= 0.6 is 0 Å². The van der Waals surface area contributed by atoms with E-state index in [-0.39, 0.29) is 17.4 Å². The minimum absolute atomic E-state index is 0.262. The molecular formula is C23H20N4O5. The third-order valence-corrected chi connectivity index (χ3v) is 6.40. The van der Waals surface area contributed by atoms with Gasteiger partial charge in [0.1, 0.15) is 0 Å². The highest BCUT2D eigenvalue weighted by atomic mass is 16.5. The Bertz CT molecular complexity index is 1210. The SMILES string of the molecule is CC1=C(C)C(O/C=C2/C(=O)N(C(=O)O)C3c4ccccc4CC23)N(c2cnccn2)C1=O. The second kappa shape index (κ2) is 7.30. The molecular weight excluding hydrogens is 412 g/mol. The number of anilines is 1. The van der Waals surface area contributed by atoms with E-state index in [0.717, 1.165) is 16.0 Å². The Kier molecular flexibility index (Phi) is 4.54. The van der Waals surface area contributed by atoms with Crippen LogP contribution in [0.5, 0.6) is 0 Å². The van der Waals surface area contributed by atoms with E-state index in [0.29, 0.717) is 23.4 Å². The summed E-state index contributed by atoms with van der Waals surface area (Å²) in [6.45, 7) is 3.48. The smallest absolute Gasteiger partial charge is 0.414 e. The molecule has 0 saturated carbocycles. The molecule has 2 aromatic rings. The summed E-state index contributed by atoms with van der Waals surface area (Å²) in [5, 5.41) is 9.72. The van der Waals surface area contributed by atoms with Crippen molar-refractivity contribution in [2.45, 2.75) is 32.5 Å². The Morgan fingerprint density at radius 2 is 1.97 bits per heavy atom. The maximum absolute atomic E-state index is 13.0. The molecule has 32 heavy (non-hydrogen) atoms. The topological polar surface area (TPSA) is 113 Å². The zero-order chi connectivity index (χ0) is 22.6. The first kappa shape index (κ1) is 19.9. The maximum atomic E-state index is 13.0. The molecule has 1 aromatic heterocycles. The molecule has 0 spiro atoms. The zero-order valence-corrected chi connectivity index (χ0v) is 17.4. The summed E-state index contributed by atoms with van der Waals surface area (Å²) in [5.74, 6) is -0.880. The number of carboxylic acid groups (broad SMARTS) is 1. The Morgan fingerprint density at radius 3 is 2.69 bits per heavy atom. The first-order valence-electron chi connectivity index (χ1n) is 10.2. The van der Waals surface area contributed by atoms with Gasteiger partial charge in [0.25, 0.3) is 11.8 Å². The van der Waals surface area contributed by atoms with Crippen molar-refractivity contribution in [1.82, 2.24) is 14.9 Å². The van der Waals surface area contributed by atoms with Crippen molar-refractivity contribution >= 4 is 23.7 Å². The number of amides is 3. The van der Waals surface area contributed by atoms with Gasteiger partial charge in [0.15, 0.2) is 5.82 Å². The Morgan fingerprint density at radius 1 is 1.19 bits per heavy atom. The van der Waals surface area contributed by atoms with E-state index in [4.69, 9.17) is 4.74 Å². The molecule has 162 valence electrons. The summed E-state index contributed by atoms with van der Waals surface area (Å²) in [5.41, 5.74) is 3.33. The van der Waals surface area contributed by atoms with E-state index in [1.165, 1.54) is 29.8 Å². The highest BCUT2D eigenvalue weighted by molar-refractivity contribution is 6.09. The molecule has 1 aliphatic carbocycles. The number of likely N-dealkylation sites (tertiary alicyclic amines) is 1. The van der Waals surface area contributed by atoms with Gasteiger partial charge in [0, 0.05) is 23.9 Å². The van der Waals surface area contributed by atoms with E-state index in [1.807, 2.05) is 24.3 Å². The van der Waals surface area contributed by atoms with Gasteiger partial charge < -0.3 is 9.84 Å². The van der Waals surface area contributed by atoms with Crippen molar-refractivity contribution in [3.05, 3.63) is 77.0 Å². The monoisotopic (exact) mass is 432 g/mol. The lowest BCUT2D eigenvalue weighted by molar-refractivity contribution is -0.124. The van der Waals surface area contributed by atoms with E-state index in [1.54, 1.807) is 13.8 Å². The molecule has 9 heteroatoms. The Labute approximate surface area is 183 Å². The number of benzene rings is 1. The number of hydrogen-bond acceptors (Lipinski definition) is 6. The van der Waals surface area contributed by atoms with Gasteiger partial charge in [-0.2, -0.15) is 0 Å². The zero-order valence-electron chi connectivity index (χ0n) is 17.4. The van der Waals surface area contributed by atoms with Gasteiger partial charge in [-0.1, -0.05) is 24.3 Å². The molecule has 3 aliphatic rings. The fourth-order valence-electron chi connectivity index (χ4n) is 4.72. The molecule has 1 fully saturated rings. The van der Waals surface area contributed by atoms with Crippen LogP contribution in [-0.4, -0.2) is 44.1 Å². The van der Waals surface area contributed by atoms with Crippen LogP contribution in [0.25, 0.3) is 0 Å². The molecule has 0 bridgehead atoms. The normalized spacial score (nSPS) is 25.6. The molecule has 3 atom stereocenters.